The zero-order chi connectivity index (χ0) is 26.4. The zero-order valence-electron chi connectivity index (χ0n) is 23.1. The van der Waals surface area contributed by atoms with Crippen molar-refractivity contribution in [2.24, 2.45) is 18.4 Å². The number of carbonyl (C=O) groups is 1. The first kappa shape index (κ1) is 30.1. The Labute approximate surface area is 222 Å². The first-order valence-electron chi connectivity index (χ1n) is 13.7. The molecule has 36 heavy (non-hydrogen) atoms. The molecule has 2 rings (SSSR count). The van der Waals surface area contributed by atoms with Crippen molar-refractivity contribution in [3.05, 3.63) is 46.8 Å². The molecule has 0 unspecified atom stereocenters. The summed E-state index contributed by atoms with van der Waals surface area (Å²) in [5.41, 5.74) is 1.31. The van der Waals surface area contributed by atoms with E-state index in [0.717, 1.165) is 41.4 Å². The summed E-state index contributed by atoms with van der Waals surface area (Å²) in [6.45, 7) is 8.60. The Morgan fingerprint density at radius 1 is 0.944 bits per heavy atom. The lowest BCUT2D eigenvalue weighted by atomic mass is 9.81. The molecule has 0 N–H and O–H groups in total. The Morgan fingerprint density at radius 3 is 2.08 bits per heavy atom. The normalized spacial score (nSPS) is 11.7. The molecular formula is C30H46N2O3S. The predicted molar refractivity (Wildman–Crippen MR) is 151 cm³/mol. The van der Waals surface area contributed by atoms with Crippen LogP contribution in [0.5, 0.6) is 0 Å². The molecule has 0 bridgehead atoms. The predicted octanol–water partition coefficient (Wildman–Crippen LogP) is 7.67. The molecule has 0 aliphatic carbocycles. The third kappa shape index (κ3) is 10.1. The molecule has 0 aliphatic heterocycles. The average molecular weight is 515 g/mol. The van der Waals surface area contributed by atoms with Crippen LogP contribution in [0.4, 0.5) is 0 Å². The minimum absolute atomic E-state index is 0.0116. The monoisotopic (exact) mass is 514 g/mol. The quantitative estimate of drug-likeness (QED) is 0.0938. The molecule has 200 valence electrons. The number of benzene rings is 1. The number of hydrogen-bond acceptors (Lipinski definition) is 5. The zero-order valence-corrected chi connectivity index (χ0v) is 23.9. The molecule has 1 heterocycles. The lowest BCUT2D eigenvalue weighted by Gasteiger charge is -2.26. The number of thioether (sulfide) groups is 1. The summed E-state index contributed by atoms with van der Waals surface area (Å²) in [6.07, 6.45) is 12.1. The van der Waals surface area contributed by atoms with Gasteiger partial charge in [0.25, 0.3) is 5.56 Å². The summed E-state index contributed by atoms with van der Waals surface area (Å²) in [6, 6.07) is 11.5. The number of hydrogen-bond donors (Lipinski definition) is 0. The van der Waals surface area contributed by atoms with E-state index in [0.29, 0.717) is 6.61 Å². The van der Waals surface area contributed by atoms with Gasteiger partial charge in [0.2, 0.25) is 0 Å². The van der Waals surface area contributed by atoms with Gasteiger partial charge in [-0.2, -0.15) is 0 Å². The van der Waals surface area contributed by atoms with Crippen molar-refractivity contribution >= 4 is 17.7 Å². The van der Waals surface area contributed by atoms with Crippen molar-refractivity contribution in [1.29, 1.82) is 0 Å². The second kappa shape index (κ2) is 15.9. The second-order valence-electron chi connectivity index (χ2n) is 10.6. The van der Waals surface area contributed by atoms with E-state index >= 15 is 0 Å². The molecular weight excluding hydrogens is 468 g/mol. The van der Waals surface area contributed by atoms with Crippen LogP contribution < -0.4 is 5.56 Å². The van der Waals surface area contributed by atoms with Crippen molar-refractivity contribution in [3.8, 4) is 11.3 Å². The topological polar surface area (TPSA) is 61.2 Å². The Bertz CT molecular complexity index is 970. The van der Waals surface area contributed by atoms with Crippen molar-refractivity contribution in [2.75, 3.05) is 12.4 Å². The van der Waals surface area contributed by atoms with Gasteiger partial charge in [0.1, 0.15) is 0 Å². The van der Waals surface area contributed by atoms with Crippen LogP contribution in [0.2, 0.25) is 0 Å². The highest BCUT2D eigenvalue weighted by atomic mass is 32.2. The van der Waals surface area contributed by atoms with Crippen molar-refractivity contribution in [3.63, 3.8) is 0 Å². The molecule has 5 nitrogen and oxygen atoms in total. The Balaban J connectivity index is 1.49. The van der Waals surface area contributed by atoms with Crippen LogP contribution in [0, 0.1) is 11.3 Å². The van der Waals surface area contributed by atoms with E-state index in [1.807, 2.05) is 44.2 Å². The minimum atomic E-state index is -0.401. The summed E-state index contributed by atoms with van der Waals surface area (Å²) in [5.74, 6) is 1.20. The molecule has 0 fully saturated rings. The summed E-state index contributed by atoms with van der Waals surface area (Å²) in [5, 5.41) is 0.791. The molecule has 1 aromatic heterocycles. The summed E-state index contributed by atoms with van der Waals surface area (Å²) < 4.78 is 7.11. The van der Waals surface area contributed by atoms with E-state index < -0.39 is 5.41 Å². The Kier molecular flexibility index (Phi) is 13.3. The SMILES string of the molecule is CC(C)C(C)(C)C(=O)OCCCCCCCCCCCCSc1nc(-c2ccccc2)cc(=O)n1C. The first-order chi connectivity index (χ1) is 17.2. The third-order valence-electron chi connectivity index (χ3n) is 7.14. The fourth-order valence-corrected chi connectivity index (χ4v) is 4.75. The molecule has 0 atom stereocenters. The van der Waals surface area contributed by atoms with Gasteiger partial charge >= 0.3 is 5.97 Å². The van der Waals surface area contributed by atoms with E-state index in [9.17, 15) is 9.59 Å². The molecule has 0 amide bonds. The van der Waals surface area contributed by atoms with E-state index in [-0.39, 0.29) is 17.4 Å². The molecule has 1 aromatic carbocycles. The van der Waals surface area contributed by atoms with Crippen LogP contribution >= 0.6 is 11.8 Å². The van der Waals surface area contributed by atoms with Crippen LogP contribution in [0.3, 0.4) is 0 Å². The Hall–Kier alpha value is -2.08. The number of aromatic nitrogens is 2. The fourth-order valence-electron chi connectivity index (χ4n) is 3.77. The fraction of sp³-hybridized carbons (Fsp3) is 0.633. The molecule has 0 saturated carbocycles. The lowest BCUT2D eigenvalue weighted by Crippen LogP contribution is -2.32. The third-order valence-corrected chi connectivity index (χ3v) is 8.25. The number of carbonyl (C=O) groups excluding carboxylic acids is 1. The number of esters is 1. The van der Waals surface area contributed by atoms with Gasteiger partial charge in [-0.05, 0) is 32.6 Å². The molecule has 0 spiro atoms. The number of ether oxygens (including phenoxy) is 1. The van der Waals surface area contributed by atoms with Gasteiger partial charge in [0, 0.05) is 24.4 Å². The van der Waals surface area contributed by atoms with Crippen LogP contribution in [0.15, 0.2) is 46.3 Å². The Morgan fingerprint density at radius 2 is 1.50 bits per heavy atom. The maximum absolute atomic E-state index is 12.3. The standard InChI is InChI=1S/C30H46N2O3S/c1-24(2)30(3,4)28(34)35-21-17-12-10-8-6-7-9-11-13-18-22-36-29-31-26(23-27(33)32(29)5)25-19-15-14-16-20-25/h14-16,19-20,23-24H,6-13,17-18,21-22H2,1-5H3. The molecule has 2 aromatic rings. The van der Waals surface area contributed by atoms with Gasteiger partial charge in [-0.1, -0.05) is 107 Å². The highest BCUT2D eigenvalue weighted by Crippen LogP contribution is 2.27. The maximum atomic E-state index is 12.3. The van der Waals surface area contributed by atoms with Crippen LogP contribution in [0.1, 0.15) is 91.9 Å². The maximum Gasteiger partial charge on any atom is 0.311 e. The van der Waals surface area contributed by atoms with Gasteiger partial charge in [-0.25, -0.2) is 4.98 Å². The van der Waals surface area contributed by atoms with Gasteiger partial charge in [-0.15, -0.1) is 0 Å². The molecule has 0 radical (unpaired) electrons. The van der Waals surface area contributed by atoms with Crippen LogP contribution in [-0.2, 0) is 16.6 Å². The largest absolute Gasteiger partial charge is 0.465 e. The summed E-state index contributed by atoms with van der Waals surface area (Å²) in [7, 11) is 1.80. The van der Waals surface area contributed by atoms with Crippen molar-refractivity contribution in [1.82, 2.24) is 9.55 Å². The number of nitrogens with zero attached hydrogens (tertiary/aromatic N) is 2. The molecule has 6 heteroatoms. The first-order valence-corrected chi connectivity index (χ1v) is 14.7. The van der Waals surface area contributed by atoms with Crippen LogP contribution in [0.25, 0.3) is 11.3 Å². The highest BCUT2D eigenvalue weighted by molar-refractivity contribution is 7.99. The highest BCUT2D eigenvalue weighted by Gasteiger charge is 2.32. The minimum Gasteiger partial charge on any atom is -0.465 e. The van der Waals surface area contributed by atoms with E-state index in [4.69, 9.17) is 9.72 Å². The van der Waals surface area contributed by atoms with Crippen molar-refractivity contribution < 1.29 is 9.53 Å². The van der Waals surface area contributed by atoms with Gasteiger partial charge in [0.05, 0.1) is 17.7 Å². The van der Waals surface area contributed by atoms with E-state index in [1.165, 1.54) is 44.9 Å². The van der Waals surface area contributed by atoms with Gasteiger partial charge in [-0.3, -0.25) is 14.2 Å². The smallest absolute Gasteiger partial charge is 0.311 e. The molecule has 0 aliphatic rings. The van der Waals surface area contributed by atoms with E-state index in [1.54, 1.807) is 29.4 Å². The lowest BCUT2D eigenvalue weighted by molar-refractivity contribution is -0.156. The number of unbranched alkanes of at least 4 members (excludes halogenated alkanes) is 9. The summed E-state index contributed by atoms with van der Waals surface area (Å²) in [4.78, 5) is 29.2. The van der Waals surface area contributed by atoms with Crippen LogP contribution in [-0.4, -0.2) is 27.9 Å². The van der Waals surface area contributed by atoms with Gasteiger partial charge < -0.3 is 4.74 Å². The molecule has 0 saturated heterocycles. The van der Waals surface area contributed by atoms with Crippen molar-refractivity contribution in [2.45, 2.75) is 97.1 Å². The summed E-state index contributed by atoms with van der Waals surface area (Å²) >= 11 is 1.68. The van der Waals surface area contributed by atoms with Gasteiger partial charge in [0.15, 0.2) is 5.16 Å². The second-order valence-corrected chi connectivity index (χ2v) is 11.6. The van der Waals surface area contributed by atoms with E-state index in [2.05, 4.69) is 13.8 Å². The number of rotatable bonds is 17. The average Bonchev–Trinajstić information content (AvgIpc) is 2.86.